The summed E-state index contributed by atoms with van der Waals surface area (Å²) in [5, 5.41) is 0. The van der Waals surface area contributed by atoms with Crippen molar-refractivity contribution in [1.29, 1.82) is 0 Å². The Labute approximate surface area is 174 Å². The van der Waals surface area contributed by atoms with E-state index in [0.717, 1.165) is 0 Å². The molecule has 0 radical (unpaired) electrons. The summed E-state index contributed by atoms with van der Waals surface area (Å²) in [6.07, 6.45) is 16.8. The summed E-state index contributed by atoms with van der Waals surface area (Å²) in [4.78, 5) is 0. The van der Waals surface area contributed by atoms with Crippen LogP contribution in [0, 0.1) is 37.5 Å². The average molecular weight is 477 g/mol. The quantitative estimate of drug-likeness (QED) is 0.211. The van der Waals surface area contributed by atoms with Gasteiger partial charge in [0.25, 0.3) is 0 Å². The van der Waals surface area contributed by atoms with Crippen molar-refractivity contribution in [3.63, 3.8) is 0 Å². The number of hydrogen-bond donors (Lipinski definition) is 0. The van der Waals surface area contributed by atoms with Gasteiger partial charge in [-0.05, 0) is 0 Å². The standard InChI is InChI=1S/2C10H22N.FH.Nd/c2*1-3-5-7-9-11-10-8-6-4-2;;/h2*3-10H2,1-2H3;1H;/q2*-1;;+2. The molecule has 2 nitrogen and oxygen atoms in total. The first-order valence-corrected chi connectivity index (χ1v) is 13.4. The third kappa shape index (κ3) is 18.0. The van der Waals surface area contributed by atoms with Gasteiger partial charge in [-0.25, -0.2) is 0 Å². The fourth-order valence-electron chi connectivity index (χ4n) is 2.83. The first-order chi connectivity index (χ1) is 11.3. The zero-order chi connectivity index (χ0) is 17.2. The normalized spacial score (nSPS) is 11.1. The first-order valence-electron chi connectivity index (χ1n) is 10.5. The molecule has 0 atom stereocenters. The van der Waals surface area contributed by atoms with E-state index >= 15 is 0 Å². The smallest absolute Gasteiger partial charge is 0.269 e. The van der Waals surface area contributed by atoms with Gasteiger partial charge < -0.3 is 0 Å². The van der Waals surface area contributed by atoms with E-state index in [2.05, 4.69) is 29.7 Å². The number of halogens is 1. The van der Waals surface area contributed by atoms with E-state index in [1.165, 1.54) is 103 Å². The Hall–Kier alpha value is 1.20. The molecule has 0 fully saturated rings. The van der Waals surface area contributed by atoms with Crippen molar-refractivity contribution in [3.05, 3.63) is 0 Å². The molecular formula is C20H45FN2Nd. The molecule has 0 aromatic carbocycles. The Morgan fingerprint density at radius 1 is 0.458 bits per heavy atom. The molecule has 0 spiro atoms. The van der Waals surface area contributed by atoms with Crippen LogP contribution in [0.15, 0.2) is 0 Å². The van der Waals surface area contributed by atoms with Crippen LogP contribution >= 0.6 is 0 Å². The molecule has 0 rings (SSSR count). The largest absolute Gasteiger partial charge is 0.269 e. The number of nitrogens with zero attached hydrogens (tertiary/aromatic N) is 2. The molecule has 0 amide bonds. The maximum absolute atomic E-state index is 2.93. The molecule has 0 saturated carbocycles. The van der Waals surface area contributed by atoms with Crippen LogP contribution in [0.25, 0.3) is 0 Å². The third-order valence-corrected chi connectivity index (χ3v) is 9.09. The molecule has 24 heavy (non-hydrogen) atoms. The molecule has 0 aromatic heterocycles. The van der Waals surface area contributed by atoms with Gasteiger partial charge in [-0.15, -0.1) is 0 Å². The van der Waals surface area contributed by atoms with Gasteiger partial charge in [0.05, 0.1) is 0 Å². The minimum atomic E-state index is -0.772. The topological polar surface area (TPSA) is 6.48 Å². The first kappa shape index (κ1) is 27.4. The monoisotopic (exact) mass is 474 g/mol. The van der Waals surface area contributed by atoms with Crippen LogP contribution in [0.2, 0.25) is 0 Å². The molecule has 0 saturated heterocycles. The second-order valence-electron chi connectivity index (χ2n) is 6.90. The van der Waals surface area contributed by atoms with E-state index < -0.39 is 37.5 Å². The SMILES string of the molecule is CCCCC[N](CCCCC)[Nd][N](CCCCC)CCCCC.F. The Kier molecular flexibility index (Phi) is 25.4. The molecule has 0 heterocycles. The van der Waals surface area contributed by atoms with Crippen LogP contribution in [0.1, 0.15) is 105 Å². The van der Waals surface area contributed by atoms with Gasteiger partial charge in [0.1, 0.15) is 0 Å². The molecule has 0 aromatic rings. The minimum absolute atomic E-state index is 0. The van der Waals surface area contributed by atoms with Crippen molar-refractivity contribution >= 4 is 0 Å². The predicted molar refractivity (Wildman–Crippen MR) is 104 cm³/mol. The Balaban J connectivity index is 0. The van der Waals surface area contributed by atoms with Crippen LogP contribution in [-0.4, -0.2) is 28.1 Å². The van der Waals surface area contributed by atoms with Crippen LogP contribution in [0.3, 0.4) is 0 Å². The van der Waals surface area contributed by atoms with E-state index in [9.17, 15) is 0 Å². The summed E-state index contributed by atoms with van der Waals surface area (Å²) < 4.78 is 5.87. The Morgan fingerprint density at radius 3 is 0.917 bits per heavy atom. The van der Waals surface area contributed by atoms with Gasteiger partial charge in [-0.1, -0.05) is 0 Å². The molecule has 146 valence electrons. The van der Waals surface area contributed by atoms with Crippen LogP contribution in [0.5, 0.6) is 0 Å². The minimum Gasteiger partial charge on any atom is -0.269 e. The van der Waals surface area contributed by atoms with Crippen LogP contribution in [-0.2, 0) is 0 Å². The summed E-state index contributed by atoms with van der Waals surface area (Å²) >= 11 is -0.772. The fraction of sp³-hybridized carbons (Fsp3) is 1.00. The molecule has 0 N–H and O–H groups in total. The van der Waals surface area contributed by atoms with E-state index in [1.54, 1.807) is 0 Å². The van der Waals surface area contributed by atoms with Crippen molar-refractivity contribution in [2.75, 3.05) is 26.2 Å². The van der Waals surface area contributed by atoms with Crippen LogP contribution < -0.4 is 0 Å². The van der Waals surface area contributed by atoms with Crippen molar-refractivity contribution in [2.24, 2.45) is 0 Å². The van der Waals surface area contributed by atoms with Crippen molar-refractivity contribution < 1.29 is 42.2 Å². The molecular weight excluding hydrogens is 431 g/mol. The third-order valence-electron chi connectivity index (χ3n) is 4.41. The van der Waals surface area contributed by atoms with Gasteiger partial charge >= 0.3 is 170 Å². The Morgan fingerprint density at radius 2 is 0.708 bits per heavy atom. The van der Waals surface area contributed by atoms with Gasteiger partial charge in [0, 0.05) is 0 Å². The molecule has 0 aliphatic rings. The van der Waals surface area contributed by atoms with Crippen molar-refractivity contribution in [2.45, 2.75) is 105 Å². The summed E-state index contributed by atoms with van der Waals surface area (Å²) in [5.74, 6) is 0. The number of hydrogen-bond acceptors (Lipinski definition) is 2. The average Bonchev–Trinajstić information content (AvgIpc) is 2.55. The summed E-state index contributed by atoms with van der Waals surface area (Å²) in [5.41, 5.74) is 0. The number of unbranched alkanes of at least 4 members (excludes halogenated alkanes) is 8. The van der Waals surface area contributed by atoms with E-state index in [-0.39, 0.29) is 4.70 Å². The maximum atomic E-state index is 2.93. The van der Waals surface area contributed by atoms with E-state index in [4.69, 9.17) is 0 Å². The molecule has 0 bridgehead atoms. The van der Waals surface area contributed by atoms with Gasteiger partial charge in [0.2, 0.25) is 0 Å². The summed E-state index contributed by atoms with van der Waals surface area (Å²) in [6, 6.07) is 0. The van der Waals surface area contributed by atoms with E-state index in [1.807, 2.05) is 0 Å². The van der Waals surface area contributed by atoms with Crippen LogP contribution in [0.4, 0.5) is 4.70 Å². The molecule has 4 heteroatoms. The molecule has 0 unspecified atom stereocenters. The van der Waals surface area contributed by atoms with Gasteiger partial charge in [-0.3, -0.25) is 4.70 Å². The second-order valence-corrected chi connectivity index (χ2v) is 11.6. The molecule has 0 aliphatic heterocycles. The predicted octanol–water partition coefficient (Wildman–Crippen LogP) is 6.42. The van der Waals surface area contributed by atoms with Crippen molar-refractivity contribution in [3.8, 4) is 0 Å². The molecule has 0 aliphatic carbocycles. The van der Waals surface area contributed by atoms with Gasteiger partial charge in [-0.2, -0.15) is 0 Å². The zero-order valence-electron chi connectivity index (χ0n) is 17.1. The Bertz CT molecular complexity index is 188. The maximum Gasteiger partial charge on any atom is -0.269 e. The van der Waals surface area contributed by atoms with Crippen molar-refractivity contribution in [1.82, 2.24) is 1.97 Å². The zero-order valence-corrected chi connectivity index (χ0v) is 20.3. The van der Waals surface area contributed by atoms with Gasteiger partial charge in [0.15, 0.2) is 0 Å². The van der Waals surface area contributed by atoms with E-state index in [0.29, 0.717) is 0 Å². The second kappa shape index (κ2) is 22.2. The summed E-state index contributed by atoms with van der Waals surface area (Å²) in [6.45, 7) is 14.8. The summed E-state index contributed by atoms with van der Waals surface area (Å²) in [7, 11) is 0. The fourth-order valence-corrected chi connectivity index (χ4v) is 7.43. The number of rotatable bonds is 18.